The van der Waals surface area contributed by atoms with E-state index in [-0.39, 0.29) is 18.8 Å². The third kappa shape index (κ3) is 11.7. The molecule has 3 aromatic carbocycles. The Kier molecular flexibility index (Phi) is 14.3. The summed E-state index contributed by atoms with van der Waals surface area (Å²) in [4.78, 5) is 19.6. The molecule has 0 heterocycles. The van der Waals surface area contributed by atoms with Gasteiger partial charge in [-0.25, -0.2) is 0 Å². The van der Waals surface area contributed by atoms with Gasteiger partial charge in [-0.15, -0.1) is 0 Å². The Bertz CT molecular complexity index is 1170. The number of phenols is 1. The lowest BCUT2D eigenvalue weighted by Gasteiger charge is -2.14. The van der Waals surface area contributed by atoms with E-state index in [0.29, 0.717) is 43.0 Å². The number of primary amides is 1. The van der Waals surface area contributed by atoms with Gasteiger partial charge in [-0.2, -0.15) is 0 Å². The highest BCUT2D eigenvalue weighted by molar-refractivity contribution is 5.92. The number of unbranched alkanes of at least 4 members (excludes halogenated alkanes) is 1. The Morgan fingerprint density at radius 3 is 2.38 bits per heavy atom. The van der Waals surface area contributed by atoms with Crippen LogP contribution < -0.4 is 11.1 Å². The second kappa shape index (κ2) is 17.7. The smallest absolute Gasteiger partial charge is 0.290 e. The zero-order valence-corrected chi connectivity index (χ0v) is 22.0. The van der Waals surface area contributed by atoms with Crippen LogP contribution in [0.15, 0.2) is 66.7 Å². The van der Waals surface area contributed by atoms with E-state index in [4.69, 9.17) is 20.4 Å². The SMILES string of the molecule is NC(=O)c1cccc(CCCCOCc2cccc(CCNC[C@H](O)c3ccc(O)c(CO)c3)c2)c1.O=CO. The van der Waals surface area contributed by atoms with Crippen LogP contribution in [0.2, 0.25) is 0 Å². The van der Waals surface area contributed by atoms with Crippen LogP contribution in [0.5, 0.6) is 5.75 Å². The van der Waals surface area contributed by atoms with Crippen LogP contribution in [0.25, 0.3) is 0 Å². The van der Waals surface area contributed by atoms with E-state index >= 15 is 0 Å². The van der Waals surface area contributed by atoms with Crippen molar-refractivity contribution < 1.29 is 34.8 Å². The third-order valence-electron chi connectivity index (χ3n) is 6.06. The minimum absolute atomic E-state index is 0.0256. The van der Waals surface area contributed by atoms with E-state index in [9.17, 15) is 20.1 Å². The van der Waals surface area contributed by atoms with Gasteiger partial charge < -0.3 is 36.2 Å². The molecule has 0 saturated carbocycles. The number of benzene rings is 3. The molecule has 0 aliphatic heterocycles. The molecule has 3 aromatic rings. The predicted octanol–water partition coefficient (Wildman–Crippen LogP) is 3.09. The molecule has 7 N–H and O–H groups in total. The van der Waals surface area contributed by atoms with E-state index in [2.05, 4.69) is 23.5 Å². The molecule has 0 spiro atoms. The van der Waals surface area contributed by atoms with E-state index in [1.807, 2.05) is 24.3 Å². The Balaban J connectivity index is 0.00000170. The highest BCUT2D eigenvalue weighted by atomic mass is 16.5. The van der Waals surface area contributed by atoms with Gasteiger partial charge in [0.05, 0.1) is 19.3 Å². The summed E-state index contributed by atoms with van der Waals surface area (Å²) in [5.41, 5.74) is 10.4. The lowest BCUT2D eigenvalue weighted by molar-refractivity contribution is -0.122. The fraction of sp³-hybridized carbons (Fsp3) is 0.333. The molecule has 0 aliphatic carbocycles. The van der Waals surface area contributed by atoms with Crippen molar-refractivity contribution in [2.45, 2.75) is 45.0 Å². The lowest BCUT2D eigenvalue weighted by atomic mass is 10.0. The van der Waals surface area contributed by atoms with Crippen LogP contribution in [0.4, 0.5) is 0 Å². The monoisotopic (exact) mass is 538 g/mol. The number of amides is 1. The summed E-state index contributed by atoms with van der Waals surface area (Å²) in [6.07, 6.45) is 2.90. The molecule has 0 saturated heterocycles. The minimum atomic E-state index is -0.720. The van der Waals surface area contributed by atoms with Gasteiger partial charge >= 0.3 is 0 Å². The van der Waals surface area contributed by atoms with Crippen LogP contribution in [0, 0.1) is 0 Å². The number of nitrogens with two attached hydrogens (primary N) is 1. The maximum atomic E-state index is 11.3. The first kappa shape index (κ1) is 31.5. The van der Waals surface area contributed by atoms with Crippen LogP contribution in [-0.4, -0.2) is 52.5 Å². The number of carbonyl (C=O) groups excluding carboxylic acids is 1. The molecule has 0 unspecified atom stereocenters. The van der Waals surface area contributed by atoms with Crippen LogP contribution in [0.3, 0.4) is 0 Å². The Labute approximate surface area is 228 Å². The van der Waals surface area contributed by atoms with Crippen molar-refractivity contribution >= 4 is 12.4 Å². The molecule has 0 radical (unpaired) electrons. The van der Waals surface area contributed by atoms with Gasteiger partial charge in [-0.1, -0.05) is 42.5 Å². The van der Waals surface area contributed by atoms with E-state index in [1.165, 1.54) is 11.6 Å². The van der Waals surface area contributed by atoms with E-state index < -0.39 is 12.0 Å². The first-order chi connectivity index (χ1) is 18.9. The maximum Gasteiger partial charge on any atom is 0.290 e. The number of aromatic hydroxyl groups is 1. The fourth-order valence-corrected chi connectivity index (χ4v) is 4.01. The number of nitrogens with one attached hydrogen (secondary N) is 1. The zero-order chi connectivity index (χ0) is 28.5. The van der Waals surface area contributed by atoms with Crippen molar-refractivity contribution in [2.75, 3.05) is 19.7 Å². The summed E-state index contributed by atoms with van der Waals surface area (Å²) in [7, 11) is 0. The van der Waals surface area contributed by atoms with Crippen molar-refractivity contribution in [1.29, 1.82) is 0 Å². The summed E-state index contributed by atoms with van der Waals surface area (Å²) >= 11 is 0. The Morgan fingerprint density at radius 1 is 0.974 bits per heavy atom. The summed E-state index contributed by atoms with van der Waals surface area (Å²) in [5, 5.41) is 39.4. The Morgan fingerprint density at radius 2 is 1.67 bits per heavy atom. The van der Waals surface area contributed by atoms with Crippen molar-refractivity contribution in [3.63, 3.8) is 0 Å². The van der Waals surface area contributed by atoms with Crippen LogP contribution in [-0.2, 0) is 35.6 Å². The molecule has 1 amide bonds. The minimum Gasteiger partial charge on any atom is -0.508 e. The van der Waals surface area contributed by atoms with Crippen LogP contribution >= 0.6 is 0 Å². The van der Waals surface area contributed by atoms with Gasteiger partial charge in [0.25, 0.3) is 6.47 Å². The highest BCUT2D eigenvalue weighted by Crippen LogP contribution is 2.22. The number of carboxylic acid groups (broad SMARTS) is 1. The first-order valence-electron chi connectivity index (χ1n) is 12.8. The largest absolute Gasteiger partial charge is 0.508 e. The number of carbonyl (C=O) groups is 2. The van der Waals surface area contributed by atoms with Gasteiger partial charge in [0.15, 0.2) is 0 Å². The number of aliphatic hydroxyl groups is 2. The molecule has 0 aromatic heterocycles. The van der Waals surface area contributed by atoms with Gasteiger partial charge in [-0.05, 0) is 78.7 Å². The molecule has 0 aliphatic rings. The zero-order valence-electron chi connectivity index (χ0n) is 22.0. The standard InChI is InChI=1S/C29H36N2O5.CH2O2/c30-29(35)25-9-4-7-21(16-25)5-1-2-14-36-20-23-8-3-6-22(15-23)12-13-31-18-28(34)24-10-11-27(33)26(17-24)19-32;2-1-3/h3-4,6-11,15-17,28,31-34H,1-2,5,12-14,18-20H2,(H2,30,35);1H,(H,2,3)/t28-;/m0./s1. The number of hydrogen-bond donors (Lipinski definition) is 6. The van der Waals surface area contributed by atoms with Crippen molar-refractivity contribution in [3.05, 3.63) is 100 Å². The molecular formula is C30H38N2O7. The molecule has 9 heteroatoms. The molecule has 3 rings (SSSR count). The summed E-state index contributed by atoms with van der Waals surface area (Å²) in [5.74, 6) is -0.375. The van der Waals surface area contributed by atoms with Crippen molar-refractivity contribution in [3.8, 4) is 5.75 Å². The summed E-state index contributed by atoms with van der Waals surface area (Å²) in [6.45, 7) is 1.81. The number of hydrogen-bond acceptors (Lipinski definition) is 7. The van der Waals surface area contributed by atoms with Gasteiger partial charge in [0.1, 0.15) is 5.75 Å². The van der Waals surface area contributed by atoms with Gasteiger partial charge in [0.2, 0.25) is 5.91 Å². The second-order valence-electron chi connectivity index (χ2n) is 9.02. The molecule has 39 heavy (non-hydrogen) atoms. The van der Waals surface area contributed by atoms with Gasteiger partial charge in [0, 0.05) is 24.3 Å². The molecule has 0 fully saturated rings. The lowest BCUT2D eigenvalue weighted by Crippen LogP contribution is -2.23. The molecule has 1 atom stereocenters. The average molecular weight is 539 g/mol. The fourth-order valence-electron chi connectivity index (χ4n) is 4.01. The summed E-state index contributed by atoms with van der Waals surface area (Å²) < 4.78 is 5.85. The number of aliphatic hydroxyl groups excluding tert-OH is 2. The van der Waals surface area contributed by atoms with Crippen LogP contribution in [0.1, 0.15) is 57.1 Å². The molecular weight excluding hydrogens is 500 g/mol. The maximum absolute atomic E-state index is 11.3. The van der Waals surface area contributed by atoms with E-state index in [1.54, 1.807) is 18.2 Å². The first-order valence-corrected chi connectivity index (χ1v) is 12.8. The van der Waals surface area contributed by atoms with E-state index in [0.717, 1.165) is 36.8 Å². The highest BCUT2D eigenvalue weighted by Gasteiger charge is 2.10. The Hall–Kier alpha value is -3.76. The topological polar surface area (TPSA) is 162 Å². The van der Waals surface area contributed by atoms with Crippen molar-refractivity contribution in [1.82, 2.24) is 5.32 Å². The second-order valence-corrected chi connectivity index (χ2v) is 9.02. The van der Waals surface area contributed by atoms with Gasteiger partial charge in [-0.3, -0.25) is 9.59 Å². The quantitative estimate of drug-likeness (QED) is 0.127. The number of rotatable bonds is 15. The molecule has 9 nitrogen and oxygen atoms in total. The summed E-state index contributed by atoms with van der Waals surface area (Å²) in [6, 6.07) is 20.5. The number of aryl methyl sites for hydroxylation is 1. The van der Waals surface area contributed by atoms with Crippen molar-refractivity contribution in [2.24, 2.45) is 5.73 Å². The molecule has 0 bridgehead atoms. The molecule has 210 valence electrons. The number of ether oxygens (including phenoxy) is 1. The predicted molar refractivity (Wildman–Crippen MR) is 148 cm³/mol. The average Bonchev–Trinajstić information content (AvgIpc) is 2.94. The normalized spacial score (nSPS) is 11.3. The third-order valence-corrected chi connectivity index (χ3v) is 6.06.